The second-order valence-corrected chi connectivity index (χ2v) is 8.33. The highest BCUT2D eigenvalue weighted by Gasteiger charge is 2.20. The molecule has 1 aromatic carbocycles. The number of hydrogen-bond acceptors (Lipinski definition) is 6. The molecule has 0 atom stereocenters. The van der Waals surface area contributed by atoms with Gasteiger partial charge in [0.15, 0.2) is 0 Å². The van der Waals surface area contributed by atoms with Crippen LogP contribution in [0.3, 0.4) is 0 Å². The van der Waals surface area contributed by atoms with Crippen LogP contribution in [0.25, 0.3) is 0 Å². The largest absolute Gasteiger partial charge is 0.378 e. The molecule has 25 heavy (non-hydrogen) atoms. The van der Waals surface area contributed by atoms with E-state index in [1.807, 2.05) is 4.90 Å². The summed E-state index contributed by atoms with van der Waals surface area (Å²) in [6.45, 7) is 6.28. The van der Waals surface area contributed by atoms with Crippen LogP contribution < -0.4 is 9.62 Å². The Hall–Kier alpha value is -1.71. The zero-order valence-electron chi connectivity index (χ0n) is 14.0. The second kappa shape index (κ2) is 7.27. The fourth-order valence-corrected chi connectivity index (χ4v) is 4.00. The highest BCUT2D eigenvalue weighted by molar-refractivity contribution is 9.10. The van der Waals surface area contributed by atoms with Crippen molar-refractivity contribution in [2.24, 2.45) is 0 Å². The van der Waals surface area contributed by atoms with Gasteiger partial charge in [-0.1, -0.05) is 15.9 Å². The lowest BCUT2D eigenvalue weighted by Crippen LogP contribution is -2.37. The van der Waals surface area contributed by atoms with Gasteiger partial charge in [-0.2, -0.15) is 0 Å². The SMILES string of the molecule is Cc1nc(N2CCOCC2)nc(C)c1NS(=O)(=O)c1ccc(Br)cc1. The van der Waals surface area contributed by atoms with Crippen LogP contribution in [0.1, 0.15) is 11.4 Å². The maximum Gasteiger partial charge on any atom is 0.262 e. The van der Waals surface area contributed by atoms with Crippen molar-refractivity contribution in [3.63, 3.8) is 0 Å². The Labute approximate surface area is 155 Å². The molecule has 7 nitrogen and oxygen atoms in total. The number of nitrogens with one attached hydrogen (secondary N) is 1. The number of anilines is 2. The number of morpholine rings is 1. The molecule has 0 saturated carbocycles. The first kappa shape index (κ1) is 18.1. The van der Waals surface area contributed by atoms with Crippen LogP contribution in [0.2, 0.25) is 0 Å². The molecule has 0 aliphatic carbocycles. The summed E-state index contributed by atoms with van der Waals surface area (Å²) in [4.78, 5) is 11.2. The van der Waals surface area contributed by atoms with E-state index in [0.29, 0.717) is 36.2 Å². The van der Waals surface area contributed by atoms with Gasteiger partial charge in [0.2, 0.25) is 5.95 Å². The highest BCUT2D eigenvalue weighted by atomic mass is 79.9. The van der Waals surface area contributed by atoms with Crippen molar-refractivity contribution in [1.82, 2.24) is 9.97 Å². The number of aromatic nitrogens is 2. The third kappa shape index (κ3) is 4.10. The van der Waals surface area contributed by atoms with E-state index < -0.39 is 10.0 Å². The number of sulfonamides is 1. The van der Waals surface area contributed by atoms with Crippen LogP contribution in [0, 0.1) is 13.8 Å². The van der Waals surface area contributed by atoms with Crippen LogP contribution in [0.5, 0.6) is 0 Å². The van der Waals surface area contributed by atoms with Crippen molar-refractivity contribution < 1.29 is 13.2 Å². The predicted octanol–water partition coefficient (Wildman–Crippen LogP) is 2.49. The zero-order chi connectivity index (χ0) is 18.0. The van der Waals surface area contributed by atoms with Gasteiger partial charge in [0.05, 0.1) is 35.2 Å². The van der Waals surface area contributed by atoms with E-state index in [-0.39, 0.29) is 4.90 Å². The standard InChI is InChI=1S/C16H19BrN4O3S/c1-11-15(20-25(22,23)14-5-3-13(17)4-6-14)12(2)19-16(18-11)21-7-9-24-10-8-21/h3-6,20H,7-10H2,1-2H3. The lowest BCUT2D eigenvalue weighted by molar-refractivity contribution is 0.122. The van der Waals surface area contributed by atoms with Crippen molar-refractivity contribution >= 4 is 37.6 Å². The van der Waals surface area contributed by atoms with E-state index in [2.05, 4.69) is 30.6 Å². The van der Waals surface area contributed by atoms with E-state index >= 15 is 0 Å². The van der Waals surface area contributed by atoms with Crippen LogP contribution >= 0.6 is 15.9 Å². The minimum atomic E-state index is -3.70. The van der Waals surface area contributed by atoms with Crippen LogP contribution in [-0.2, 0) is 14.8 Å². The summed E-state index contributed by atoms with van der Waals surface area (Å²) in [6.07, 6.45) is 0. The second-order valence-electron chi connectivity index (χ2n) is 5.73. The van der Waals surface area contributed by atoms with Gasteiger partial charge >= 0.3 is 0 Å². The molecule has 1 N–H and O–H groups in total. The first-order valence-corrected chi connectivity index (χ1v) is 10.1. The van der Waals surface area contributed by atoms with Gasteiger partial charge in [-0.25, -0.2) is 18.4 Å². The quantitative estimate of drug-likeness (QED) is 0.807. The molecule has 1 fully saturated rings. The maximum atomic E-state index is 12.6. The molecule has 1 saturated heterocycles. The minimum Gasteiger partial charge on any atom is -0.378 e. The van der Waals surface area contributed by atoms with Crippen molar-refractivity contribution in [1.29, 1.82) is 0 Å². The summed E-state index contributed by atoms with van der Waals surface area (Å²) in [5.41, 5.74) is 1.60. The number of benzene rings is 1. The Kier molecular flexibility index (Phi) is 5.26. The summed E-state index contributed by atoms with van der Waals surface area (Å²) in [5, 5.41) is 0. The number of nitrogens with zero attached hydrogens (tertiary/aromatic N) is 3. The molecule has 0 amide bonds. The fourth-order valence-electron chi connectivity index (χ4n) is 2.56. The first-order chi connectivity index (χ1) is 11.9. The maximum absolute atomic E-state index is 12.6. The summed E-state index contributed by atoms with van der Waals surface area (Å²) >= 11 is 3.30. The molecule has 3 rings (SSSR count). The Morgan fingerprint density at radius 1 is 1.08 bits per heavy atom. The number of halogens is 1. The summed E-state index contributed by atoms with van der Waals surface area (Å²) in [5.74, 6) is 0.602. The van der Waals surface area contributed by atoms with E-state index in [1.54, 1.807) is 38.1 Å². The molecule has 9 heteroatoms. The molecule has 0 bridgehead atoms. The molecule has 1 aromatic heterocycles. The third-order valence-electron chi connectivity index (χ3n) is 3.91. The van der Waals surface area contributed by atoms with Crippen molar-refractivity contribution in [3.05, 3.63) is 40.1 Å². The van der Waals surface area contributed by atoms with Crippen molar-refractivity contribution in [3.8, 4) is 0 Å². The molecule has 0 radical (unpaired) electrons. The number of hydrogen-bond donors (Lipinski definition) is 1. The van der Waals surface area contributed by atoms with Crippen molar-refractivity contribution in [2.75, 3.05) is 35.9 Å². The summed E-state index contributed by atoms with van der Waals surface area (Å²) in [7, 11) is -3.70. The van der Waals surface area contributed by atoms with Crippen molar-refractivity contribution in [2.45, 2.75) is 18.7 Å². The predicted molar refractivity (Wildman–Crippen MR) is 99.5 cm³/mol. The molecule has 2 heterocycles. The average molecular weight is 427 g/mol. The monoisotopic (exact) mass is 426 g/mol. The van der Waals surface area contributed by atoms with Gasteiger partial charge < -0.3 is 9.64 Å². The zero-order valence-corrected chi connectivity index (χ0v) is 16.4. The van der Waals surface area contributed by atoms with Gasteiger partial charge in [0.25, 0.3) is 10.0 Å². The van der Waals surface area contributed by atoms with Gasteiger partial charge in [-0.05, 0) is 38.1 Å². The smallest absolute Gasteiger partial charge is 0.262 e. The van der Waals surface area contributed by atoms with Gasteiger partial charge in [0, 0.05) is 17.6 Å². The highest BCUT2D eigenvalue weighted by Crippen LogP contribution is 2.24. The van der Waals surface area contributed by atoms with E-state index in [1.165, 1.54) is 0 Å². The lowest BCUT2D eigenvalue weighted by atomic mass is 10.3. The third-order valence-corrected chi connectivity index (χ3v) is 5.81. The van der Waals surface area contributed by atoms with Crippen LogP contribution in [0.15, 0.2) is 33.6 Å². The topological polar surface area (TPSA) is 84.4 Å². The molecular weight excluding hydrogens is 408 g/mol. The Morgan fingerprint density at radius 3 is 2.20 bits per heavy atom. The first-order valence-electron chi connectivity index (χ1n) is 7.83. The molecule has 0 spiro atoms. The van der Waals surface area contributed by atoms with Crippen LogP contribution in [-0.4, -0.2) is 44.7 Å². The summed E-state index contributed by atoms with van der Waals surface area (Å²) in [6, 6.07) is 6.46. The number of aryl methyl sites for hydroxylation is 2. The lowest BCUT2D eigenvalue weighted by Gasteiger charge is -2.27. The number of rotatable bonds is 4. The Bertz CT molecular complexity index is 842. The normalized spacial score (nSPS) is 15.2. The van der Waals surface area contributed by atoms with E-state index in [4.69, 9.17) is 4.74 Å². The minimum absolute atomic E-state index is 0.187. The van der Waals surface area contributed by atoms with E-state index in [0.717, 1.165) is 17.6 Å². The van der Waals surface area contributed by atoms with Gasteiger partial charge in [0.1, 0.15) is 0 Å². The summed E-state index contributed by atoms with van der Waals surface area (Å²) < 4.78 is 34.0. The molecular formula is C16H19BrN4O3S. The van der Waals surface area contributed by atoms with E-state index in [9.17, 15) is 8.42 Å². The average Bonchev–Trinajstić information content (AvgIpc) is 2.59. The molecule has 0 unspecified atom stereocenters. The Balaban J connectivity index is 1.88. The molecule has 1 aliphatic rings. The molecule has 134 valence electrons. The molecule has 1 aliphatic heterocycles. The van der Waals surface area contributed by atoms with Crippen LogP contribution in [0.4, 0.5) is 11.6 Å². The van der Waals surface area contributed by atoms with Gasteiger partial charge in [-0.15, -0.1) is 0 Å². The van der Waals surface area contributed by atoms with Gasteiger partial charge in [-0.3, -0.25) is 4.72 Å². The Morgan fingerprint density at radius 2 is 1.64 bits per heavy atom. The molecule has 2 aromatic rings. The fraction of sp³-hybridized carbons (Fsp3) is 0.375. The number of ether oxygens (including phenoxy) is 1.